The normalized spacial score (nSPS) is 19.0. The molecule has 2 aliphatic rings. The molecule has 4 heterocycles. The first-order valence-electron chi connectivity index (χ1n) is 11.6. The molecule has 1 N–H and O–H groups in total. The largest absolute Gasteiger partial charge is 0.488 e. The summed E-state index contributed by atoms with van der Waals surface area (Å²) in [6.07, 6.45) is 0.854. The first-order valence-corrected chi connectivity index (χ1v) is 12.7. The highest BCUT2D eigenvalue weighted by molar-refractivity contribution is 7.09. The van der Waals surface area contributed by atoms with Crippen LogP contribution < -0.4 is 14.8 Å². The van der Waals surface area contributed by atoms with E-state index in [0.717, 1.165) is 16.1 Å². The number of ether oxygens (including phenoxy) is 3. The summed E-state index contributed by atoms with van der Waals surface area (Å²) < 4.78 is 21.5. The number of aromatic nitrogens is 2. The van der Waals surface area contributed by atoms with Gasteiger partial charge in [-0.25, -0.2) is 9.78 Å². The van der Waals surface area contributed by atoms with Gasteiger partial charge in [0.15, 0.2) is 0 Å². The standard InChI is InChI=1S/C25H25ClN4O5S/c1-14-9-21(36-29-14)22-20(35-18-7-8-30-17(10-18)13-34-25(30)32)11-19(24(28-22)33-2)23(31)27-12-15-3-5-16(26)6-4-15/h3-6,9,11,17-18H,7-8,10,12-13H2,1-2H3,(H,27,31)/t17-,18-/m0/s1. The molecule has 0 saturated carbocycles. The molecule has 3 aromatic rings. The number of methoxy groups -OCH3 is 1. The molecular weight excluding hydrogens is 504 g/mol. The molecule has 0 spiro atoms. The van der Waals surface area contributed by atoms with Crippen molar-refractivity contribution >= 4 is 35.1 Å². The molecular formula is C25H25ClN4O5S. The van der Waals surface area contributed by atoms with Gasteiger partial charge in [-0.15, -0.1) is 0 Å². The summed E-state index contributed by atoms with van der Waals surface area (Å²) >= 11 is 7.26. The fourth-order valence-corrected chi connectivity index (χ4v) is 5.24. The third-order valence-electron chi connectivity index (χ3n) is 6.21. The third-order valence-corrected chi connectivity index (χ3v) is 7.35. The molecule has 11 heteroatoms. The van der Waals surface area contributed by atoms with E-state index in [1.54, 1.807) is 23.1 Å². The van der Waals surface area contributed by atoms with E-state index in [2.05, 4.69) is 14.7 Å². The van der Waals surface area contributed by atoms with Crippen LogP contribution in [0.3, 0.4) is 0 Å². The van der Waals surface area contributed by atoms with E-state index in [1.807, 2.05) is 25.1 Å². The number of pyridine rings is 1. The summed E-state index contributed by atoms with van der Waals surface area (Å²) in [7, 11) is 1.48. The summed E-state index contributed by atoms with van der Waals surface area (Å²) in [6.45, 7) is 3.14. The molecule has 0 radical (unpaired) electrons. The van der Waals surface area contributed by atoms with Gasteiger partial charge in [-0.2, -0.15) is 4.37 Å². The second-order valence-corrected chi connectivity index (χ2v) is 9.96. The van der Waals surface area contributed by atoms with E-state index in [-0.39, 0.29) is 35.6 Å². The van der Waals surface area contributed by atoms with Gasteiger partial charge in [0.1, 0.15) is 29.7 Å². The van der Waals surface area contributed by atoms with Crippen LogP contribution in [-0.2, 0) is 11.3 Å². The van der Waals surface area contributed by atoms with E-state index in [1.165, 1.54) is 18.6 Å². The Morgan fingerprint density at radius 2 is 2.11 bits per heavy atom. The number of benzene rings is 1. The van der Waals surface area contributed by atoms with Crippen LogP contribution in [0.15, 0.2) is 36.4 Å². The first kappa shape index (κ1) is 24.3. The maximum atomic E-state index is 13.2. The monoisotopic (exact) mass is 528 g/mol. The third kappa shape index (κ3) is 5.10. The van der Waals surface area contributed by atoms with Crippen molar-refractivity contribution in [3.8, 4) is 22.2 Å². The lowest BCUT2D eigenvalue weighted by molar-refractivity contribution is 0.0913. The molecule has 9 nitrogen and oxygen atoms in total. The smallest absolute Gasteiger partial charge is 0.410 e. The van der Waals surface area contributed by atoms with Gasteiger partial charge in [-0.3, -0.25) is 4.79 Å². The molecule has 2 aliphatic heterocycles. The number of hydrogen-bond acceptors (Lipinski definition) is 8. The number of nitrogens with zero attached hydrogens (tertiary/aromatic N) is 3. The number of rotatable bonds is 7. The van der Waals surface area contributed by atoms with Crippen molar-refractivity contribution < 1.29 is 23.8 Å². The number of halogens is 1. The van der Waals surface area contributed by atoms with Gasteiger partial charge in [0.25, 0.3) is 5.91 Å². The number of carbonyl (C=O) groups is 2. The Bertz CT molecular complexity index is 1280. The molecule has 0 aliphatic carbocycles. The molecule has 2 atom stereocenters. The second kappa shape index (κ2) is 10.3. The molecule has 188 valence electrons. The fraction of sp³-hybridized carbons (Fsp3) is 0.360. The van der Waals surface area contributed by atoms with E-state index in [9.17, 15) is 9.59 Å². The quantitative estimate of drug-likeness (QED) is 0.482. The van der Waals surface area contributed by atoms with Crippen LogP contribution in [0.4, 0.5) is 4.79 Å². The summed E-state index contributed by atoms with van der Waals surface area (Å²) in [6, 6.07) is 10.8. The number of hydrogen-bond donors (Lipinski definition) is 1. The molecule has 5 rings (SSSR count). The van der Waals surface area contributed by atoms with Crippen LogP contribution in [0, 0.1) is 6.92 Å². The minimum absolute atomic E-state index is 0.0151. The van der Waals surface area contributed by atoms with Gasteiger partial charge < -0.3 is 24.4 Å². The van der Waals surface area contributed by atoms with Crippen LogP contribution in [0.1, 0.15) is 34.5 Å². The lowest BCUT2D eigenvalue weighted by Crippen LogP contribution is -2.44. The van der Waals surface area contributed by atoms with Crippen molar-refractivity contribution in [1.82, 2.24) is 19.6 Å². The van der Waals surface area contributed by atoms with Gasteiger partial charge in [0, 0.05) is 37.0 Å². The zero-order valence-corrected chi connectivity index (χ0v) is 21.4. The van der Waals surface area contributed by atoms with Crippen LogP contribution >= 0.6 is 23.1 Å². The van der Waals surface area contributed by atoms with Gasteiger partial charge in [-0.1, -0.05) is 23.7 Å². The van der Waals surface area contributed by atoms with E-state index >= 15 is 0 Å². The molecule has 0 unspecified atom stereocenters. The number of nitrogens with one attached hydrogen (secondary N) is 1. The summed E-state index contributed by atoms with van der Waals surface area (Å²) in [5.74, 6) is 0.331. The number of piperidine rings is 1. The average Bonchev–Trinajstić information content (AvgIpc) is 3.48. The van der Waals surface area contributed by atoms with E-state index in [0.29, 0.717) is 49.0 Å². The van der Waals surface area contributed by atoms with Gasteiger partial charge >= 0.3 is 6.09 Å². The predicted molar refractivity (Wildman–Crippen MR) is 135 cm³/mol. The van der Waals surface area contributed by atoms with Gasteiger partial charge in [0.2, 0.25) is 5.88 Å². The lowest BCUT2D eigenvalue weighted by atomic mass is 10.0. The zero-order valence-electron chi connectivity index (χ0n) is 19.8. The maximum Gasteiger partial charge on any atom is 0.410 e. The SMILES string of the molecule is COc1nc(-c2cc(C)ns2)c(O[C@H]2CCN3C(=O)OC[C@@H]3C2)cc1C(=O)NCc1ccc(Cl)cc1. The first-order chi connectivity index (χ1) is 17.4. The summed E-state index contributed by atoms with van der Waals surface area (Å²) in [4.78, 5) is 32.3. The van der Waals surface area contributed by atoms with E-state index in [4.69, 9.17) is 25.8 Å². The molecule has 36 heavy (non-hydrogen) atoms. The van der Waals surface area contributed by atoms with Crippen molar-refractivity contribution in [1.29, 1.82) is 0 Å². The highest BCUT2D eigenvalue weighted by atomic mass is 35.5. The Balaban J connectivity index is 1.42. The highest BCUT2D eigenvalue weighted by Crippen LogP contribution is 2.37. The lowest BCUT2D eigenvalue weighted by Gasteiger charge is -2.32. The van der Waals surface area contributed by atoms with Crippen LogP contribution in [0.25, 0.3) is 10.6 Å². The van der Waals surface area contributed by atoms with Gasteiger partial charge in [0.05, 0.1) is 23.7 Å². The van der Waals surface area contributed by atoms with Crippen LogP contribution in [0.2, 0.25) is 5.02 Å². The zero-order chi connectivity index (χ0) is 25.2. The van der Waals surface area contributed by atoms with Crippen molar-refractivity contribution in [3.63, 3.8) is 0 Å². The average molecular weight is 529 g/mol. The number of aryl methyl sites for hydroxylation is 1. The van der Waals surface area contributed by atoms with Crippen molar-refractivity contribution in [2.24, 2.45) is 0 Å². The van der Waals surface area contributed by atoms with E-state index < -0.39 is 0 Å². The minimum atomic E-state index is -0.337. The van der Waals surface area contributed by atoms with Crippen molar-refractivity contribution in [3.05, 3.63) is 58.2 Å². The topological polar surface area (TPSA) is 103 Å². The highest BCUT2D eigenvalue weighted by Gasteiger charge is 2.39. The Hall–Kier alpha value is -3.37. The molecule has 2 saturated heterocycles. The summed E-state index contributed by atoms with van der Waals surface area (Å²) in [5, 5.41) is 3.54. The molecule has 2 amide bonds. The van der Waals surface area contributed by atoms with Crippen LogP contribution in [-0.4, -0.2) is 58.7 Å². The van der Waals surface area contributed by atoms with Gasteiger partial charge in [-0.05, 0) is 42.2 Å². The Kier molecular flexibility index (Phi) is 6.97. The molecule has 2 fully saturated rings. The maximum absolute atomic E-state index is 13.2. The Morgan fingerprint density at radius 1 is 1.31 bits per heavy atom. The second-order valence-electron chi connectivity index (χ2n) is 8.72. The predicted octanol–water partition coefficient (Wildman–Crippen LogP) is 4.47. The number of amides is 2. The van der Waals surface area contributed by atoms with Crippen LogP contribution in [0.5, 0.6) is 11.6 Å². The van der Waals surface area contributed by atoms with Crippen molar-refractivity contribution in [2.45, 2.75) is 38.5 Å². The minimum Gasteiger partial charge on any atom is -0.488 e. The molecule has 1 aromatic carbocycles. The molecule has 0 bridgehead atoms. The Morgan fingerprint density at radius 3 is 2.83 bits per heavy atom. The number of cyclic esters (lactones) is 1. The fourth-order valence-electron chi connectivity index (χ4n) is 4.37. The number of carbonyl (C=O) groups excluding carboxylic acids is 2. The number of fused-ring (bicyclic) bond motifs is 1. The summed E-state index contributed by atoms with van der Waals surface area (Å²) in [5.41, 5.74) is 2.60. The Labute approximate surface area is 217 Å². The van der Waals surface area contributed by atoms with Crippen molar-refractivity contribution in [2.75, 3.05) is 20.3 Å². The molecule has 2 aromatic heterocycles.